The zero-order valence-corrected chi connectivity index (χ0v) is 10.6. The summed E-state index contributed by atoms with van der Waals surface area (Å²) in [5.74, 6) is 0.735. The van der Waals surface area contributed by atoms with E-state index in [4.69, 9.17) is 5.11 Å². The maximum Gasteiger partial charge on any atom is 0.0959 e. The van der Waals surface area contributed by atoms with E-state index in [0.717, 1.165) is 18.9 Å². The molecule has 1 aliphatic rings. The number of hydrogen-bond donors (Lipinski definition) is 2. The minimum absolute atomic E-state index is 0.213. The fraction of sp³-hybridized carbons (Fsp3) is 0.750. The molecule has 2 rings (SSSR count). The van der Waals surface area contributed by atoms with Crippen molar-refractivity contribution in [3.8, 4) is 0 Å². The summed E-state index contributed by atoms with van der Waals surface area (Å²) in [4.78, 5) is 5.77. The molecule has 0 radical (unpaired) electrons. The number of hydrogen-bond acceptors (Lipinski definition) is 4. The molecule has 1 aromatic rings. The number of rotatable bonds is 6. The van der Waals surface area contributed by atoms with Gasteiger partial charge in [-0.15, -0.1) is 11.3 Å². The number of nitrogens with one attached hydrogen (secondary N) is 1. The lowest BCUT2D eigenvalue weighted by molar-refractivity contribution is 0.238. The Hall–Kier alpha value is -0.450. The molecule has 1 atom stereocenters. The van der Waals surface area contributed by atoms with Crippen LogP contribution < -0.4 is 5.32 Å². The summed E-state index contributed by atoms with van der Waals surface area (Å²) in [5, 5.41) is 13.7. The number of aromatic nitrogens is 1. The minimum atomic E-state index is 0.213. The van der Waals surface area contributed by atoms with E-state index in [-0.39, 0.29) is 12.6 Å². The summed E-state index contributed by atoms with van der Waals surface area (Å²) >= 11 is 1.82. The first-order valence-electron chi connectivity index (χ1n) is 6.12. The van der Waals surface area contributed by atoms with Gasteiger partial charge >= 0.3 is 0 Å². The molecule has 0 spiro atoms. The van der Waals surface area contributed by atoms with Crippen LogP contribution in [0, 0.1) is 0 Å². The molecule has 3 nitrogen and oxygen atoms in total. The average Bonchev–Trinajstić information content (AvgIpc) is 2.65. The van der Waals surface area contributed by atoms with Gasteiger partial charge in [0.2, 0.25) is 0 Å². The first-order valence-corrected chi connectivity index (χ1v) is 6.94. The standard InChI is InChI=1S/C12H20N2OS/c1-2-10(8-15)13-6-11-7-14-12(16-11)9-4-3-5-9/h7,9-10,13,15H,2-6,8H2,1H3/t10-/m1/s1. The summed E-state index contributed by atoms with van der Waals surface area (Å²) in [7, 11) is 0. The third-order valence-electron chi connectivity index (χ3n) is 3.30. The first kappa shape index (κ1) is 12.0. The Labute approximate surface area is 101 Å². The van der Waals surface area contributed by atoms with Crippen LogP contribution in [0.2, 0.25) is 0 Å². The van der Waals surface area contributed by atoms with Gasteiger partial charge < -0.3 is 10.4 Å². The zero-order chi connectivity index (χ0) is 11.4. The van der Waals surface area contributed by atoms with Crippen molar-refractivity contribution in [2.24, 2.45) is 0 Å². The van der Waals surface area contributed by atoms with Crippen molar-refractivity contribution in [3.63, 3.8) is 0 Å². The molecule has 4 heteroatoms. The van der Waals surface area contributed by atoms with Crippen molar-refractivity contribution in [2.45, 2.75) is 51.1 Å². The molecule has 1 aliphatic carbocycles. The molecular formula is C12H20N2OS. The third-order valence-corrected chi connectivity index (χ3v) is 4.46. The smallest absolute Gasteiger partial charge is 0.0959 e. The molecule has 0 aromatic carbocycles. The van der Waals surface area contributed by atoms with Crippen LogP contribution in [0.5, 0.6) is 0 Å². The molecule has 0 unspecified atom stereocenters. The van der Waals surface area contributed by atoms with Gasteiger partial charge in [-0.3, -0.25) is 0 Å². The predicted octanol–water partition coefficient (Wildman–Crippen LogP) is 2.27. The second kappa shape index (κ2) is 5.75. The fourth-order valence-electron chi connectivity index (χ4n) is 1.83. The van der Waals surface area contributed by atoms with Gasteiger partial charge in [-0.2, -0.15) is 0 Å². The minimum Gasteiger partial charge on any atom is -0.395 e. The molecule has 1 heterocycles. The van der Waals surface area contributed by atoms with E-state index in [1.165, 1.54) is 29.1 Å². The van der Waals surface area contributed by atoms with Crippen LogP contribution in [0.1, 0.15) is 48.4 Å². The number of thiazole rings is 1. The first-order chi connectivity index (χ1) is 7.83. The van der Waals surface area contributed by atoms with Gasteiger partial charge in [0.15, 0.2) is 0 Å². The molecule has 1 fully saturated rings. The Bertz CT molecular complexity index is 319. The lowest BCUT2D eigenvalue weighted by Crippen LogP contribution is -2.30. The molecule has 90 valence electrons. The lowest BCUT2D eigenvalue weighted by atomic mass is 9.86. The van der Waals surface area contributed by atoms with E-state index < -0.39 is 0 Å². The van der Waals surface area contributed by atoms with Crippen molar-refractivity contribution >= 4 is 11.3 Å². The van der Waals surface area contributed by atoms with Crippen molar-refractivity contribution in [2.75, 3.05) is 6.61 Å². The maximum atomic E-state index is 9.07. The SMILES string of the molecule is CC[C@H](CO)NCc1cnc(C2CCC2)s1. The largest absolute Gasteiger partial charge is 0.395 e. The van der Waals surface area contributed by atoms with Gasteiger partial charge in [0, 0.05) is 29.6 Å². The molecule has 16 heavy (non-hydrogen) atoms. The highest BCUT2D eigenvalue weighted by atomic mass is 32.1. The number of nitrogens with zero attached hydrogens (tertiary/aromatic N) is 1. The summed E-state index contributed by atoms with van der Waals surface area (Å²) in [5.41, 5.74) is 0. The Kier molecular flexibility index (Phi) is 4.32. The zero-order valence-electron chi connectivity index (χ0n) is 9.78. The summed E-state index contributed by atoms with van der Waals surface area (Å²) in [6.07, 6.45) is 6.93. The van der Waals surface area contributed by atoms with E-state index >= 15 is 0 Å². The second-order valence-electron chi connectivity index (χ2n) is 4.46. The molecule has 2 N–H and O–H groups in total. The van der Waals surface area contributed by atoms with Crippen LogP contribution in [-0.2, 0) is 6.54 Å². The van der Waals surface area contributed by atoms with Crippen molar-refractivity contribution in [3.05, 3.63) is 16.1 Å². The highest BCUT2D eigenvalue weighted by Gasteiger charge is 2.22. The molecule has 0 bridgehead atoms. The average molecular weight is 240 g/mol. The molecule has 0 amide bonds. The van der Waals surface area contributed by atoms with Crippen molar-refractivity contribution in [1.82, 2.24) is 10.3 Å². The predicted molar refractivity (Wildman–Crippen MR) is 66.7 cm³/mol. The highest BCUT2D eigenvalue weighted by molar-refractivity contribution is 7.11. The highest BCUT2D eigenvalue weighted by Crippen LogP contribution is 2.38. The van der Waals surface area contributed by atoms with Crippen LogP contribution in [0.15, 0.2) is 6.20 Å². The van der Waals surface area contributed by atoms with E-state index in [1.54, 1.807) is 0 Å². The number of aliphatic hydroxyl groups is 1. The third kappa shape index (κ3) is 2.81. The quantitative estimate of drug-likeness (QED) is 0.802. The van der Waals surface area contributed by atoms with Crippen LogP contribution in [-0.4, -0.2) is 22.7 Å². The molecule has 0 saturated heterocycles. The second-order valence-corrected chi connectivity index (χ2v) is 5.61. The molecular weight excluding hydrogens is 220 g/mol. The summed E-state index contributed by atoms with van der Waals surface area (Å²) in [6.45, 7) is 3.13. The number of aliphatic hydroxyl groups excluding tert-OH is 1. The normalized spacial score (nSPS) is 18.4. The van der Waals surface area contributed by atoms with Gasteiger partial charge in [-0.1, -0.05) is 13.3 Å². The van der Waals surface area contributed by atoms with Crippen LogP contribution in [0.4, 0.5) is 0 Å². The fourth-order valence-corrected chi connectivity index (χ4v) is 2.87. The van der Waals surface area contributed by atoms with E-state index in [2.05, 4.69) is 17.2 Å². The van der Waals surface area contributed by atoms with Crippen LogP contribution in [0.25, 0.3) is 0 Å². The van der Waals surface area contributed by atoms with Gasteiger partial charge in [-0.25, -0.2) is 4.98 Å². The topological polar surface area (TPSA) is 45.1 Å². The van der Waals surface area contributed by atoms with Gasteiger partial charge in [0.1, 0.15) is 0 Å². The van der Waals surface area contributed by atoms with Crippen molar-refractivity contribution in [1.29, 1.82) is 0 Å². The Balaban J connectivity index is 1.82. The Morgan fingerprint density at radius 3 is 3.00 bits per heavy atom. The van der Waals surface area contributed by atoms with E-state index in [0.29, 0.717) is 0 Å². The lowest BCUT2D eigenvalue weighted by Gasteiger charge is -2.22. The van der Waals surface area contributed by atoms with Crippen LogP contribution >= 0.6 is 11.3 Å². The van der Waals surface area contributed by atoms with Gasteiger partial charge in [0.25, 0.3) is 0 Å². The molecule has 1 aromatic heterocycles. The molecule has 1 saturated carbocycles. The van der Waals surface area contributed by atoms with E-state index in [9.17, 15) is 0 Å². The van der Waals surface area contributed by atoms with Crippen molar-refractivity contribution < 1.29 is 5.11 Å². The summed E-state index contributed by atoms with van der Waals surface area (Å²) < 4.78 is 0. The Morgan fingerprint density at radius 2 is 2.44 bits per heavy atom. The van der Waals surface area contributed by atoms with Crippen LogP contribution in [0.3, 0.4) is 0 Å². The summed E-state index contributed by atoms with van der Waals surface area (Å²) in [6, 6.07) is 0.217. The van der Waals surface area contributed by atoms with Gasteiger partial charge in [-0.05, 0) is 19.3 Å². The monoisotopic (exact) mass is 240 g/mol. The Morgan fingerprint density at radius 1 is 1.62 bits per heavy atom. The maximum absolute atomic E-state index is 9.07. The molecule has 0 aliphatic heterocycles. The van der Waals surface area contributed by atoms with E-state index in [1.807, 2.05) is 17.5 Å². The van der Waals surface area contributed by atoms with Gasteiger partial charge in [0.05, 0.1) is 11.6 Å².